The van der Waals surface area contributed by atoms with Crippen molar-refractivity contribution in [1.82, 2.24) is 0 Å². The van der Waals surface area contributed by atoms with E-state index < -0.39 is 6.15 Å². The molecule has 0 aromatic heterocycles. The maximum absolute atomic E-state index is 5.15. The molecule has 0 N–H and O–H groups in total. The van der Waals surface area contributed by atoms with Crippen LogP contribution >= 0.6 is 0 Å². The number of hydrogen-bond donors (Lipinski definition) is 0. The smallest absolute Gasteiger partial charge is 0.332 e. The lowest BCUT2D eigenvalue weighted by atomic mass is 9.13. The fourth-order valence-corrected chi connectivity index (χ4v) is 4.46. The standard InChI is InChI=1S/C24H20B.C6H14NO/c1-5-13-21(14-6-1)25(22-15-7-2-8-16-22,23-17-9-3-10-18-23)24-19-11-4-12-20-24;1-5-8-6(2)7(3)4/h1-20H;5H2,1-4H3/q-1;+1. The van der Waals surface area contributed by atoms with E-state index in [-0.39, 0.29) is 0 Å². The molecule has 168 valence electrons. The molecule has 0 saturated carbocycles. The molecule has 0 saturated heterocycles. The maximum atomic E-state index is 5.15. The Labute approximate surface area is 199 Å². The van der Waals surface area contributed by atoms with E-state index >= 15 is 0 Å². The number of benzene rings is 4. The minimum absolute atomic E-state index is 0.754. The molecule has 33 heavy (non-hydrogen) atoms. The van der Waals surface area contributed by atoms with Crippen LogP contribution in [0.2, 0.25) is 0 Å². The predicted molar refractivity (Wildman–Crippen MR) is 144 cm³/mol. The Morgan fingerprint density at radius 3 is 1.03 bits per heavy atom. The van der Waals surface area contributed by atoms with E-state index in [1.54, 1.807) is 0 Å². The molecule has 4 aromatic rings. The lowest BCUT2D eigenvalue weighted by Gasteiger charge is -2.44. The minimum atomic E-state index is -1.22. The quantitative estimate of drug-likeness (QED) is 0.201. The van der Waals surface area contributed by atoms with Crippen LogP contribution < -0.4 is 21.9 Å². The summed E-state index contributed by atoms with van der Waals surface area (Å²) in [6.07, 6.45) is -1.22. The van der Waals surface area contributed by atoms with Crippen LogP contribution in [0.5, 0.6) is 0 Å². The lowest BCUT2D eigenvalue weighted by Crippen LogP contribution is -2.74. The first-order chi connectivity index (χ1) is 16.1. The summed E-state index contributed by atoms with van der Waals surface area (Å²) in [6, 6.07) is 43.5. The van der Waals surface area contributed by atoms with Gasteiger partial charge in [-0.25, -0.2) is 4.58 Å². The van der Waals surface area contributed by atoms with Gasteiger partial charge in [0.2, 0.25) is 0 Å². The van der Waals surface area contributed by atoms with E-state index in [9.17, 15) is 0 Å². The molecular formula is C30H34BNO. The van der Waals surface area contributed by atoms with Gasteiger partial charge in [-0.2, -0.15) is 21.9 Å². The molecule has 4 rings (SSSR count). The second-order valence-corrected chi connectivity index (χ2v) is 8.36. The first-order valence-electron chi connectivity index (χ1n) is 11.6. The van der Waals surface area contributed by atoms with Crippen LogP contribution in [0.25, 0.3) is 0 Å². The van der Waals surface area contributed by atoms with Crippen molar-refractivity contribution < 1.29 is 9.31 Å². The summed E-state index contributed by atoms with van der Waals surface area (Å²) in [7, 11) is 3.93. The number of hydrogen-bond acceptors (Lipinski definition) is 1. The van der Waals surface area contributed by atoms with Crippen LogP contribution in [0.4, 0.5) is 0 Å². The summed E-state index contributed by atoms with van der Waals surface area (Å²) in [5.74, 6) is 0.965. The lowest BCUT2D eigenvalue weighted by molar-refractivity contribution is -0.474. The highest BCUT2D eigenvalue weighted by atomic mass is 16.5. The molecule has 0 aliphatic heterocycles. The van der Waals surface area contributed by atoms with Gasteiger partial charge < -0.3 is 4.74 Å². The number of ether oxygens (including phenoxy) is 1. The average Bonchev–Trinajstić information content (AvgIpc) is 2.88. The third kappa shape index (κ3) is 5.62. The largest absolute Gasteiger partial charge is 0.449 e. The van der Waals surface area contributed by atoms with Gasteiger partial charge in [-0.3, -0.25) is 0 Å². The zero-order chi connectivity index (χ0) is 23.5. The highest BCUT2D eigenvalue weighted by Crippen LogP contribution is 2.09. The SMILES string of the molecule is CCOC(C)=[N+](C)C.c1ccc([B-](c2ccccc2)(c2ccccc2)c2ccccc2)cc1. The molecule has 2 nitrogen and oxygen atoms in total. The van der Waals surface area contributed by atoms with Gasteiger partial charge in [0.25, 0.3) is 0 Å². The Hall–Kier alpha value is -3.59. The van der Waals surface area contributed by atoms with Gasteiger partial charge in [0.1, 0.15) is 20.2 Å². The van der Waals surface area contributed by atoms with E-state index in [2.05, 4.69) is 121 Å². The van der Waals surface area contributed by atoms with Gasteiger partial charge in [-0.1, -0.05) is 121 Å². The van der Waals surface area contributed by atoms with Gasteiger partial charge in [0, 0.05) is 0 Å². The van der Waals surface area contributed by atoms with E-state index in [1.165, 1.54) is 21.9 Å². The molecule has 0 radical (unpaired) electrons. The Bertz CT molecular complexity index is 960. The molecule has 0 aliphatic rings. The van der Waals surface area contributed by atoms with Crippen molar-refractivity contribution in [2.24, 2.45) is 0 Å². The molecule has 0 amide bonds. The van der Waals surface area contributed by atoms with Gasteiger partial charge >= 0.3 is 5.90 Å². The molecule has 0 aliphatic carbocycles. The Kier molecular flexibility index (Phi) is 8.66. The normalized spacial score (nSPS) is 10.5. The second-order valence-electron chi connectivity index (χ2n) is 8.36. The van der Waals surface area contributed by atoms with Crippen molar-refractivity contribution in [3.63, 3.8) is 0 Å². The van der Waals surface area contributed by atoms with Gasteiger partial charge in [-0.15, -0.1) is 0 Å². The van der Waals surface area contributed by atoms with Crippen LogP contribution in [0.15, 0.2) is 121 Å². The Balaban J connectivity index is 0.000000331. The molecule has 0 bridgehead atoms. The number of nitrogens with zero attached hydrogens (tertiary/aromatic N) is 1. The third-order valence-electron chi connectivity index (χ3n) is 6.18. The summed E-state index contributed by atoms with van der Waals surface area (Å²) in [6.45, 7) is 4.68. The maximum Gasteiger partial charge on any atom is 0.332 e. The summed E-state index contributed by atoms with van der Waals surface area (Å²) in [5.41, 5.74) is 5.36. The van der Waals surface area contributed by atoms with E-state index in [4.69, 9.17) is 4.74 Å². The topological polar surface area (TPSA) is 12.2 Å². The van der Waals surface area contributed by atoms with Crippen LogP contribution in [0.1, 0.15) is 13.8 Å². The van der Waals surface area contributed by atoms with E-state index in [1.807, 2.05) is 32.5 Å². The molecule has 0 fully saturated rings. The predicted octanol–water partition coefficient (Wildman–Crippen LogP) is 3.78. The van der Waals surface area contributed by atoms with Gasteiger partial charge in [-0.05, 0) is 6.92 Å². The second kappa shape index (κ2) is 11.9. The van der Waals surface area contributed by atoms with E-state index in [0.717, 1.165) is 12.5 Å². The van der Waals surface area contributed by atoms with Crippen LogP contribution in [-0.2, 0) is 4.74 Å². The van der Waals surface area contributed by atoms with E-state index in [0.29, 0.717) is 0 Å². The van der Waals surface area contributed by atoms with Crippen molar-refractivity contribution >= 4 is 33.9 Å². The molecule has 0 heterocycles. The minimum Gasteiger partial charge on any atom is -0.449 e. The van der Waals surface area contributed by atoms with Gasteiger partial charge in [0.15, 0.2) is 0 Å². The zero-order valence-electron chi connectivity index (χ0n) is 20.2. The Morgan fingerprint density at radius 2 is 0.848 bits per heavy atom. The highest BCUT2D eigenvalue weighted by molar-refractivity contribution is 7.19. The van der Waals surface area contributed by atoms with Crippen molar-refractivity contribution in [3.8, 4) is 0 Å². The molecule has 0 spiro atoms. The van der Waals surface area contributed by atoms with Crippen molar-refractivity contribution in [1.29, 1.82) is 0 Å². The summed E-state index contributed by atoms with van der Waals surface area (Å²) in [4.78, 5) is 0. The summed E-state index contributed by atoms with van der Waals surface area (Å²) >= 11 is 0. The van der Waals surface area contributed by atoms with Gasteiger partial charge in [0.05, 0.1) is 13.5 Å². The summed E-state index contributed by atoms with van der Waals surface area (Å²) in [5, 5.41) is 0. The average molecular weight is 435 g/mol. The van der Waals surface area contributed by atoms with Crippen LogP contribution in [0, 0.1) is 0 Å². The first kappa shape index (κ1) is 24.1. The molecular weight excluding hydrogens is 401 g/mol. The molecule has 0 atom stereocenters. The van der Waals surface area contributed by atoms with Crippen molar-refractivity contribution in [2.75, 3.05) is 20.7 Å². The first-order valence-corrected chi connectivity index (χ1v) is 11.6. The zero-order valence-corrected chi connectivity index (χ0v) is 20.2. The summed E-state index contributed by atoms with van der Waals surface area (Å²) < 4.78 is 7.09. The molecule has 0 unspecified atom stereocenters. The third-order valence-corrected chi connectivity index (χ3v) is 6.18. The van der Waals surface area contributed by atoms with Crippen molar-refractivity contribution in [2.45, 2.75) is 13.8 Å². The van der Waals surface area contributed by atoms with Crippen LogP contribution in [0.3, 0.4) is 0 Å². The fourth-order valence-electron chi connectivity index (χ4n) is 4.46. The molecule has 4 aromatic carbocycles. The monoisotopic (exact) mass is 435 g/mol. The fraction of sp³-hybridized carbons (Fsp3) is 0.167. The highest BCUT2D eigenvalue weighted by Gasteiger charge is 2.30. The molecule has 3 heteroatoms. The van der Waals surface area contributed by atoms with Crippen LogP contribution in [-0.4, -0.2) is 37.3 Å². The number of rotatable bonds is 5. The Morgan fingerprint density at radius 1 is 0.576 bits per heavy atom. The van der Waals surface area contributed by atoms with Crippen molar-refractivity contribution in [3.05, 3.63) is 121 Å².